The minimum Gasteiger partial charge on any atom is -0.378 e. The number of hydrogen-bond donors (Lipinski definition) is 0. The number of carbonyl (C=O) groups is 1. The lowest BCUT2D eigenvalue weighted by Gasteiger charge is -2.34. The van der Waals surface area contributed by atoms with Crippen LogP contribution in [0.5, 0.6) is 0 Å². The summed E-state index contributed by atoms with van der Waals surface area (Å²) in [5.41, 5.74) is 0. The van der Waals surface area contributed by atoms with E-state index in [-0.39, 0.29) is 11.7 Å². The number of piperidine rings is 1. The monoisotopic (exact) mass is 307 g/mol. The largest absolute Gasteiger partial charge is 0.378 e. The first-order valence-electron chi connectivity index (χ1n) is 7.95. The molecule has 0 atom stereocenters. The van der Waals surface area contributed by atoms with Crippen molar-refractivity contribution in [3.63, 3.8) is 0 Å². The first kappa shape index (κ1) is 15.2. The van der Waals surface area contributed by atoms with Gasteiger partial charge in [0, 0.05) is 38.8 Å². The maximum Gasteiger partial charge on any atom is 0.223 e. The van der Waals surface area contributed by atoms with Crippen LogP contribution in [0.1, 0.15) is 19.3 Å². The second kappa shape index (κ2) is 7.05. The molecule has 0 aliphatic carbocycles. The molecular weight excluding hydrogens is 285 g/mol. The van der Waals surface area contributed by atoms with Crippen molar-refractivity contribution in [2.45, 2.75) is 19.3 Å². The topological polar surface area (TPSA) is 45.7 Å². The van der Waals surface area contributed by atoms with Crippen molar-refractivity contribution >= 4 is 11.7 Å². The molecule has 6 heteroatoms. The molecule has 22 heavy (non-hydrogen) atoms. The molecule has 2 aliphatic rings. The first-order chi connectivity index (χ1) is 10.7. The highest BCUT2D eigenvalue weighted by Crippen LogP contribution is 2.26. The number of morpholine rings is 1. The van der Waals surface area contributed by atoms with Gasteiger partial charge in [-0.25, -0.2) is 9.37 Å². The molecule has 0 radical (unpaired) electrons. The number of carbonyl (C=O) groups excluding carboxylic acids is 1. The lowest BCUT2D eigenvalue weighted by atomic mass is 9.93. The van der Waals surface area contributed by atoms with Gasteiger partial charge in [-0.1, -0.05) is 0 Å². The van der Waals surface area contributed by atoms with Gasteiger partial charge in [-0.3, -0.25) is 4.79 Å². The zero-order valence-electron chi connectivity index (χ0n) is 12.7. The van der Waals surface area contributed by atoms with Gasteiger partial charge in [-0.15, -0.1) is 0 Å². The van der Waals surface area contributed by atoms with Crippen molar-refractivity contribution in [3.8, 4) is 0 Å². The van der Waals surface area contributed by atoms with Crippen molar-refractivity contribution < 1.29 is 13.9 Å². The maximum atomic E-state index is 13.7. The summed E-state index contributed by atoms with van der Waals surface area (Å²) < 4.78 is 19.0. The number of pyridine rings is 1. The van der Waals surface area contributed by atoms with Crippen molar-refractivity contribution in [2.24, 2.45) is 5.92 Å². The van der Waals surface area contributed by atoms with Crippen molar-refractivity contribution in [2.75, 3.05) is 44.3 Å². The summed E-state index contributed by atoms with van der Waals surface area (Å²) in [5, 5.41) is 0. The summed E-state index contributed by atoms with van der Waals surface area (Å²) in [5.74, 6) is 0.773. The molecule has 0 bridgehead atoms. The zero-order chi connectivity index (χ0) is 15.4. The average molecular weight is 307 g/mol. The van der Waals surface area contributed by atoms with Crippen LogP contribution >= 0.6 is 0 Å². The number of anilines is 1. The fourth-order valence-corrected chi connectivity index (χ4v) is 3.15. The van der Waals surface area contributed by atoms with Crippen LogP contribution in [0.25, 0.3) is 0 Å². The summed E-state index contributed by atoms with van der Waals surface area (Å²) in [6.07, 6.45) is 4.03. The number of hydrogen-bond acceptors (Lipinski definition) is 4. The fourth-order valence-electron chi connectivity index (χ4n) is 3.15. The molecule has 2 aliphatic heterocycles. The normalized spacial score (nSPS) is 20.2. The maximum absolute atomic E-state index is 13.7. The molecule has 2 saturated heterocycles. The van der Waals surface area contributed by atoms with Crippen LogP contribution in [-0.2, 0) is 9.53 Å². The number of rotatable bonds is 3. The second-order valence-electron chi connectivity index (χ2n) is 5.94. The van der Waals surface area contributed by atoms with Gasteiger partial charge in [0.05, 0.1) is 13.2 Å². The Kier molecular flexibility index (Phi) is 4.87. The summed E-state index contributed by atoms with van der Waals surface area (Å²) in [7, 11) is 0. The average Bonchev–Trinajstić information content (AvgIpc) is 2.57. The predicted octanol–water partition coefficient (Wildman–Crippen LogP) is 1.69. The standard InChI is InChI=1S/C16H22FN3O2/c17-14-2-1-5-18-16(14)20-6-3-13(4-7-20)12-15(21)19-8-10-22-11-9-19/h1-2,5,13H,3-4,6-12H2. The van der Waals surface area contributed by atoms with E-state index in [1.54, 1.807) is 12.3 Å². The van der Waals surface area contributed by atoms with Crippen molar-refractivity contribution in [1.29, 1.82) is 0 Å². The Bertz CT molecular complexity index is 512. The predicted molar refractivity (Wildman–Crippen MR) is 81.1 cm³/mol. The highest BCUT2D eigenvalue weighted by atomic mass is 19.1. The van der Waals surface area contributed by atoms with E-state index in [0.717, 1.165) is 25.9 Å². The number of aromatic nitrogens is 1. The molecule has 1 aromatic heterocycles. The van der Waals surface area contributed by atoms with Gasteiger partial charge in [-0.05, 0) is 30.9 Å². The number of nitrogens with zero attached hydrogens (tertiary/aromatic N) is 3. The molecule has 2 fully saturated rings. The van der Waals surface area contributed by atoms with E-state index in [0.29, 0.717) is 44.5 Å². The van der Waals surface area contributed by atoms with E-state index in [9.17, 15) is 9.18 Å². The summed E-state index contributed by atoms with van der Waals surface area (Å²) in [6, 6.07) is 3.04. The third-order valence-corrected chi connectivity index (χ3v) is 4.48. The highest BCUT2D eigenvalue weighted by Gasteiger charge is 2.26. The smallest absolute Gasteiger partial charge is 0.223 e. The minimum atomic E-state index is -0.273. The van der Waals surface area contributed by atoms with Gasteiger partial charge in [0.15, 0.2) is 11.6 Å². The molecule has 3 rings (SSSR count). The van der Waals surface area contributed by atoms with E-state index in [1.807, 2.05) is 9.80 Å². The SMILES string of the molecule is O=C(CC1CCN(c2ncccc2F)CC1)N1CCOCC1. The summed E-state index contributed by atoms with van der Waals surface area (Å²) in [4.78, 5) is 20.3. The van der Waals surface area contributed by atoms with Crippen LogP contribution in [0.4, 0.5) is 10.2 Å². The van der Waals surface area contributed by atoms with Gasteiger partial charge in [-0.2, -0.15) is 0 Å². The Morgan fingerprint density at radius 1 is 1.27 bits per heavy atom. The number of halogens is 1. The molecule has 5 nitrogen and oxygen atoms in total. The Morgan fingerprint density at radius 3 is 2.68 bits per heavy atom. The molecule has 0 aromatic carbocycles. The Hall–Kier alpha value is -1.69. The molecule has 3 heterocycles. The van der Waals surface area contributed by atoms with Crippen LogP contribution in [0.2, 0.25) is 0 Å². The summed E-state index contributed by atoms with van der Waals surface area (Å²) >= 11 is 0. The Morgan fingerprint density at radius 2 is 2.00 bits per heavy atom. The highest BCUT2D eigenvalue weighted by molar-refractivity contribution is 5.76. The van der Waals surface area contributed by atoms with Crippen molar-refractivity contribution in [1.82, 2.24) is 9.88 Å². The number of amides is 1. The zero-order valence-corrected chi connectivity index (χ0v) is 12.7. The third kappa shape index (κ3) is 3.55. The van der Waals surface area contributed by atoms with Gasteiger partial charge in [0.2, 0.25) is 5.91 Å². The second-order valence-corrected chi connectivity index (χ2v) is 5.94. The van der Waals surface area contributed by atoms with Crippen LogP contribution < -0.4 is 4.90 Å². The van der Waals surface area contributed by atoms with E-state index in [1.165, 1.54) is 6.07 Å². The van der Waals surface area contributed by atoms with Gasteiger partial charge >= 0.3 is 0 Å². The lowest BCUT2D eigenvalue weighted by Crippen LogP contribution is -2.42. The molecule has 0 spiro atoms. The lowest BCUT2D eigenvalue weighted by molar-refractivity contribution is -0.136. The molecule has 0 N–H and O–H groups in total. The Labute approximate surface area is 130 Å². The van der Waals surface area contributed by atoms with Crippen LogP contribution in [0.3, 0.4) is 0 Å². The van der Waals surface area contributed by atoms with E-state index in [2.05, 4.69) is 4.98 Å². The third-order valence-electron chi connectivity index (χ3n) is 4.48. The van der Waals surface area contributed by atoms with Gasteiger partial charge in [0.25, 0.3) is 0 Å². The molecule has 1 aromatic rings. The van der Waals surface area contributed by atoms with Gasteiger partial charge < -0.3 is 14.5 Å². The molecule has 0 unspecified atom stereocenters. The van der Waals surface area contributed by atoms with Crippen LogP contribution in [0.15, 0.2) is 18.3 Å². The quantitative estimate of drug-likeness (QED) is 0.852. The number of ether oxygens (including phenoxy) is 1. The first-order valence-corrected chi connectivity index (χ1v) is 7.95. The molecular formula is C16H22FN3O2. The van der Waals surface area contributed by atoms with E-state index in [4.69, 9.17) is 4.74 Å². The van der Waals surface area contributed by atoms with E-state index < -0.39 is 0 Å². The summed E-state index contributed by atoms with van der Waals surface area (Å²) in [6.45, 7) is 4.21. The minimum absolute atomic E-state index is 0.228. The molecule has 0 saturated carbocycles. The van der Waals surface area contributed by atoms with Gasteiger partial charge in [0.1, 0.15) is 0 Å². The molecule has 120 valence electrons. The van der Waals surface area contributed by atoms with Crippen molar-refractivity contribution in [3.05, 3.63) is 24.1 Å². The van der Waals surface area contributed by atoms with Crippen LogP contribution in [-0.4, -0.2) is 55.2 Å². The fraction of sp³-hybridized carbons (Fsp3) is 0.625. The van der Waals surface area contributed by atoms with Crippen LogP contribution in [0, 0.1) is 11.7 Å². The van der Waals surface area contributed by atoms with E-state index >= 15 is 0 Å². The molecule has 1 amide bonds. The Balaban J connectivity index is 1.49.